The van der Waals surface area contributed by atoms with Crippen LogP contribution in [0.25, 0.3) is 0 Å². The highest BCUT2D eigenvalue weighted by Gasteiger charge is 2.52. The summed E-state index contributed by atoms with van der Waals surface area (Å²) < 4.78 is 6.62. The number of allylic oxidation sites excluding steroid dienone is 2. The van der Waals surface area contributed by atoms with Gasteiger partial charge in [0.2, 0.25) is 0 Å². The number of aryl methyl sites for hydroxylation is 2. The van der Waals surface area contributed by atoms with E-state index in [0.717, 1.165) is 17.8 Å². The lowest BCUT2D eigenvalue weighted by molar-refractivity contribution is -0.150. The fourth-order valence-electron chi connectivity index (χ4n) is 3.71. The number of carbonyl (C=O) groups excluding carboxylic acids is 2. The highest BCUT2D eigenvalue weighted by molar-refractivity contribution is 5.89. The summed E-state index contributed by atoms with van der Waals surface area (Å²) in [5.41, 5.74) is 1.62. The monoisotopic (exact) mass is 288 g/mol. The van der Waals surface area contributed by atoms with Crippen LogP contribution < -0.4 is 0 Å². The van der Waals surface area contributed by atoms with Crippen molar-refractivity contribution in [1.29, 1.82) is 0 Å². The van der Waals surface area contributed by atoms with Gasteiger partial charge in [-0.05, 0) is 45.1 Å². The molecule has 0 spiro atoms. The minimum Gasteiger partial charge on any atom is -0.466 e. The summed E-state index contributed by atoms with van der Waals surface area (Å²) in [5, 5.41) is 4.27. The summed E-state index contributed by atoms with van der Waals surface area (Å²) in [6, 6.07) is 1.88. The van der Waals surface area contributed by atoms with Gasteiger partial charge in [-0.2, -0.15) is 5.10 Å². The van der Waals surface area contributed by atoms with Gasteiger partial charge in [0, 0.05) is 5.69 Å². The summed E-state index contributed by atoms with van der Waals surface area (Å²) in [7, 11) is 0. The second-order valence-corrected chi connectivity index (χ2v) is 5.93. The first-order chi connectivity index (χ1) is 10.0. The summed E-state index contributed by atoms with van der Waals surface area (Å²) >= 11 is 0. The first-order valence-corrected chi connectivity index (χ1v) is 7.45. The molecule has 5 heteroatoms. The van der Waals surface area contributed by atoms with Crippen molar-refractivity contribution in [2.45, 2.75) is 27.2 Å². The van der Waals surface area contributed by atoms with Crippen LogP contribution in [0, 0.1) is 37.5 Å². The zero-order valence-corrected chi connectivity index (χ0v) is 12.6. The number of carbonyl (C=O) groups is 2. The molecule has 21 heavy (non-hydrogen) atoms. The molecule has 1 fully saturated rings. The molecule has 5 nitrogen and oxygen atoms in total. The van der Waals surface area contributed by atoms with E-state index in [0.29, 0.717) is 6.61 Å². The minimum absolute atomic E-state index is 0.0875. The molecule has 0 N–H and O–H groups in total. The Morgan fingerprint density at radius 2 is 1.95 bits per heavy atom. The Balaban J connectivity index is 1.92. The Morgan fingerprint density at radius 1 is 1.29 bits per heavy atom. The SMILES string of the molecule is CCOC(=O)[C@H]1[C@H](C(=O)n2nc(C)cc2C)[C@@H]2C=C[C@H]1C2. The van der Waals surface area contributed by atoms with Crippen LogP contribution in [0.5, 0.6) is 0 Å². The van der Waals surface area contributed by atoms with Crippen molar-refractivity contribution < 1.29 is 14.3 Å². The molecular weight excluding hydrogens is 268 g/mol. The molecule has 0 unspecified atom stereocenters. The third-order valence-corrected chi connectivity index (χ3v) is 4.52. The van der Waals surface area contributed by atoms with Gasteiger partial charge in [0.05, 0.1) is 24.1 Å². The van der Waals surface area contributed by atoms with Gasteiger partial charge >= 0.3 is 5.97 Å². The van der Waals surface area contributed by atoms with Gasteiger partial charge in [-0.25, -0.2) is 4.68 Å². The number of ether oxygens (including phenoxy) is 1. The van der Waals surface area contributed by atoms with Gasteiger partial charge in [0.25, 0.3) is 5.91 Å². The third kappa shape index (κ3) is 2.20. The lowest BCUT2D eigenvalue weighted by Crippen LogP contribution is -2.37. The van der Waals surface area contributed by atoms with Gasteiger partial charge in [0.15, 0.2) is 0 Å². The van der Waals surface area contributed by atoms with Gasteiger partial charge in [-0.15, -0.1) is 0 Å². The molecular formula is C16H20N2O3. The largest absolute Gasteiger partial charge is 0.466 e. The zero-order chi connectivity index (χ0) is 15.1. The fraction of sp³-hybridized carbons (Fsp3) is 0.562. The van der Waals surface area contributed by atoms with E-state index in [1.807, 2.05) is 19.9 Å². The van der Waals surface area contributed by atoms with Gasteiger partial charge < -0.3 is 4.74 Å². The van der Waals surface area contributed by atoms with Crippen molar-refractivity contribution >= 4 is 11.9 Å². The van der Waals surface area contributed by atoms with Crippen LogP contribution in [-0.2, 0) is 9.53 Å². The van der Waals surface area contributed by atoms with E-state index < -0.39 is 0 Å². The topological polar surface area (TPSA) is 61.2 Å². The van der Waals surface area contributed by atoms with Crippen molar-refractivity contribution in [3.05, 3.63) is 29.6 Å². The molecule has 1 saturated carbocycles. The van der Waals surface area contributed by atoms with Crippen LogP contribution in [0.2, 0.25) is 0 Å². The van der Waals surface area contributed by atoms with Gasteiger partial charge in [-0.3, -0.25) is 9.59 Å². The maximum absolute atomic E-state index is 12.8. The molecule has 2 aliphatic carbocycles. The van der Waals surface area contributed by atoms with E-state index in [-0.39, 0.29) is 35.5 Å². The molecule has 4 atom stereocenters. The average molecular weight is 288 g/mol. The predicted molar refractivity (Wildman–Crippen MR) is 76.7 cm³/mol. The number of esters is 1. The molecule has 0 aliphatic heterocycles. The third-order valence-electron chi connectivity index (χ3n) is 4.52. The molecule has 1 heterocycles. The summed E-state index contributed by atoms with van der Waals surface area (Å²) in [6.45, 7) is 5.86. The average Bonchev–Trinajstić information content (AvgIpc) is 3.11. The van der Waals surface area contributed by atoms with E-state index in [1.54, 1.807) is 6.92 Å². The molecule has 1 aromatic rings. The molecule has 0 aromatic carbocycles. The van der Waals surface area contributed by atoms with Crippen molar-refractivity contribution in [3.8, 4) is 0 Å². The van der Waals surface area contributed by atoms with E-state index in [2.05, 4.69) is 17.3 Å². The first kappa shape index (κ1) is 14.0. The lowest BCUT2D eigenvalue weighted by Gasteiger charge is -2.25. The van der Waals surface area contributed by atoms with Crippen LogP contribution in [0.4, 0.5) is 0 Å². The van der Waals surface area contributed by atoms with E-state index in [1.165, 1.54) is 4.68 Å². The van der Waals surface area contributed by atoms with Crippen LogP contribution in [-0.4, -0.2) is 28.3 Å². The zero-order valence-electron chi connectivity index (χ0n) is 12.6. The van der Waals surface area contributed by atoms with Crippen molar-refractivity contribution in [2.24, 2.45) is 23.7 Å². The molecule has 0 radical (unpaired) electrons. The molecule has 112 valence electrons. The van der Waals surface area contributed by atoms with Gasteiger partial charge in [0.1, 0.15) is 0 Å². The number of fused-ring (bicyclic) bond motifs is 2. The van der Waals surface area contributed by atoms with Crippen molar-refractivity contribution in [3.63, 3.8) is 0 Å². The van der Waals surface area contributed by atoms with E-state index in [9.17, 15) is 9.59 Å². The quantitative estimate of drug-likeness (QED) is 0.631. The summed E-state index contributed by atoms with van der Waals surface area (Å²) in [5.74, 6) is -0.807. The Kier molecular flexibility index (Phi) is 3.43. The maximum atomic E-state index is 12.8. The summed E-state index contributed by atoms with van der Waals surface area (Å²) in [6.07, 6.45) is 4.98. The normalized spacial score (nSPS) is 29.9. The number of hydrogen-bond acceptors (Lipinski definition) is 4. The molecule has 1 aromatic heterocycles. The standard InChI is InChI=1S/C16H20N2O3/c1-4-21-16(20)14-12-6-5-11(8-12)13(14)15(19)18-10(3)7-9(2)17-18/h5-7,11-14H,4,8H2,1-3H3/t11-,12+,13-,14-/m1/s1. The number of aromatic nitrogens is 2. The predicted octanol–water partition coefficient (Wildman–Crippen LogP) is 2.14. The summed E-state index contributed by atoms with van der Waals surface area (Å²) in [4.78, 5) is 25.1. The Bertz CT molecular complexity index is 617. The fourth-order valence-corrected chi connectivity index (χ4v) is 3.71. The van der Waals surface area contributed by atoms with Crippen LogP contribution in [0.15, 0.2) is 18.2 Å². The van der Waals surface area contributed by atoms with Crippen LogP contribution >= 0.6 is 0 Å². The molecule has 2 bridgehead atoms. The Labute approximate surface area is 124 Å². The van der Waals surface area contributed by atoms with Crippen LogP contribution in [0.3, 0.4) is 0 Å². The number of rotatable bonds is 3. The molecule has 0 amide bonds. The smallest absolute Gasteiger partial charge is 0.310 e. The van der Waals surface area contributed by atoms with Crippen molar-refractivity contribution in [1.82, 2.24) is 9.78 Å². The Morgan fingerprint density at radius 3 is 2.52 bits per heavy atom. The highest BCUT2D eigenvalue weighted by Crippen LogP contribution is 2.49. The molecule has 0 saturated heterocycles. The highest BCUT2D eigenvalue weighted by atomic mass is 16.5. The maximum Gasteiger partial charge on any atom is 0.310 e. The van der Waals surface area contributed by atoms with E-state index in [4.69, 9.17) is 4.74 Å². The number of hydrogen-bond donors (Lipinski definition) is 0. The number of nitrogens with zero attached hydrogens (tertiary/aromatic N) is 2. The molecule has 2 aliphatic rings. The second kappa shape index (κ2) is 5.13. The van der Waals surface area contributed by atoms with Crippen molar-refractivity contribution in [2.75, 3.05) is 6.61 Å². The second-order valence-electron chi connectivity index (χ2n) is 5.93. The van der Waals surface area contributed by atoms with Gasteiger partial charge in [-0.1, -0.05) is 12.2 Å². The van der Waals surface area contributed by atoms with Crippen LogP contribution in [0.1, 0.15) is 29.5 Å². The minimum atomic E-state index is -0.364. The molecule has 3 rings (SSSR count). The van der Waals surface area contributed by atoms with E-state index >= 15 is 0 Å². The lowest BCUT2D eigenvalue weighted by atomic mass is 9.82. The first-order valence-electron chi connectivity index (χ1n) is 7.45. The Hall–Kier alpha value is -1.91.